The van der Waals surface area contributed by atoms with E-state index in [2.05, 4.69) is 5.32 Å². The predicted octanol–water partition coefficient (Wildman–Crippen LogP) is 3.50. The third kappa shape index (κ3) is 3.98. The van der Waals surface area contributed by atoms with Crippen molar-refractivity contribution in [3.8, 4) is 0 Å². The Labute approximate surface area is 153 Å². The number of carbonyl (C=O) groups excluding carboxylic acids is 2. The summed E-state index contributed by atoms with van der Waals surface area (Å²) in [6.07, 6.45) is 6.88. The molecule has 2 amide bonds. The minimum Gasteiger partial charge on any atom is -0.467 e. The minimum atomic E-state index is -0.0166. The third-order valence-electron chi connectivity index (χ3n) is 5.20. The van der Waals surface area contributed by atoms with E-state index in [1.165, 1.54) is 0 Å². The molecule has 2 aliphatic carbocycles. The fourth-order valence-electron chi connectivity index (χ4n) is 3.19. The summed E-state index contributed by atoms with van der Waals surface area (Å²) in [6.45, 7) is 1.01. The zero-order chi connectivity index (χ0) is 17.9. The molecule has 1 heterocycles. The summed E-state index contributed by atoms with van der Waals surface area (Å²) >= 11 is 0. The topological polar surface area (TPSA) is 62.6 Å². The van der Waals surface area contributed by atoms with Crippen LogP contribution in [-0.4, -0.2) is 22.8 Å². The Kier molecular flexibility index (Phi) is 4.78. The molecule has 5 nitrogen and oxygen atoms in total. The number of hydrogen-bond acceptors (Lipinski definition) is 3. The highest BCUT2D eigenvalue weighted by atomic mass is 16.3. The molecule has 2 aromatic rings. The predicted molar refractivity (Wildman–Crippen MR) is 97.2 cm³/mol. The van der Waals surface area contributed by atoms with E-state index in [1.54, 1.807) is 6.26 Å². The quantitative estimate of drug-likeness (QED) is 0.829. The zero-order valence-electron chi connectivity index (χ0n) is 14.8. The molecule has 5 heteroatoms. The van der Waals surface area contributed by atoms with Gasteiger partial charge < -0.3 is 14.6 Å². The van der Waals surface area contributed by atoms with Crippen molar-refractivity contribution in [3.63, 3.8) is 0 Å². The molecule has 1 aromatic heterocycles. The molecule has 2 fully saturated rings. The van der Waals surface area contributed by atoms with Gasteiger partial charge in [-0.2, -0.15) is 0 Å². The van der Waals surface area contributed by atoms with Crippen LogP contribution in [0.5, 0.6) is 0 Å². The highest BCUT2D eigenvalue weighted by Gasteiger charge is 2.30. The maximum Gasteiger partial charge on any atom is 0.251 e. The first-order chi connectivity index (χ1) is 12.7. The van der Waals surface area contributed by atoms with Gasteiger partial charge in [-0.15, -0.1) is 0 Å². The molecule has 136 valence electrons. The summed E-state index contributed by atoms with van der Waals surface area (Å²) in [6, 6.07) is 11.6. The third-order valence-corrected chi connectivity index (χ3v) is 5.20. The maximum absolute atomic E-state index is 12.8. The van der Waals surface area contributed by atoms with E-state index in [0.29, 0.717) is 24.7 Å². The van der Waals surface area contributed by atoms with Gasteiger partial charge in [-0.05, 0) is 55.5 Å². The Hall–Kier alpha value is -2.56. The van der Waals surface area contributed by atoms with Gasteiger partial charge in [0, 0.05) is 24.1 Å². The lowest BCUT2D eigenvalue weighted by Gasteiger charge is -2.31. The van der Waals surface area contributed by atoms with E-state index in [1.807, 2.05) is 41.3 Å². The Morgan fingerprint density at radius 2 is 1.81 bits per heavy atom. The highest BCUT2D eigenvalue weighted by molar-refractivity contribution is 5.94. The van der Waals surface area contributed by atoms with E-state index < -0.39 is 0 Å². The molecular weight excluding hydrogens is 328 g/mol. The molecule has 0 bridgehead atoms. The van der Waals surface area contributed by atoms with Gasteiger partial charge in [0.15, 0.2) is 0 Å². The number of amides is 2. The largest absolute Gasteiger partial charge is 0.467 e. The Balaban J connectivity index is 1.43. The molecule has 0 atom stereocenters. The number of nitrogens with one attached hydrogen (secondary N) is 1. The van der Waals surface area contributed by atoms with E-state index >= 15 is 0 Å². The lowest BCUT2D eigenvalue weighted by molar-refractivity contribution is -0.139. The first kappa shape index (κ1) is 16.9. The molecule has 2 aliphatic rings. The van der Waals surface area contributed by atoms with Crippen LogP contribution in [0.3, 0.4) is 0 Å². The van der Waals surface area contributed by atoms with Gasteiger partial charge in [-0.25, -0.2) is 0 Å². The van der Waals surface area contributed by atoms with Crippen molar-refractivity contribution >= 4 is 11.8 Å². The van der Waals surface area contributed by atoms with E-state index in [9.17, 15) is 9.59 Å². The summed E-state index contributed by atoms with van der Waals surface area (Å²) in [5.74, 6) is 1.12. The van der Waals surface area contributed by atoms with Crippen LogP contribution >= 0.6 is 0 Å². The van der Waals surface area contributed by atoms with Gasteiger partial charge in [-0.1, -0.05) is 18.6 Å². The van der Waals surface area contributed by atoms with Gasteiger partial charge in [0.2, 0.25) is 5.91 Å². The molecule has 0 radical (unpaired) electrons. The van der Waals surface area contributed by atoms with Crippen LogP contribution in [0.15, 0.2) is 47.1 Å². The SMILES string of the molecule is O=C(NC1CC1)c1ccc(CN(Cc2ccco2)C(=O)C2CCC2)cc1. The molecule has 0 unspecified atom stereocenters. The van der Waals surface area contributed by atoms with Gasteiger partial charge in [0.05, 0.1) is 12.8 Å². The van der Waals surface area contributed by atoms with Crippen LogP contribution in [0, 0.1) is 5.92 Å². The lowest BCUT2D eigenvalue weighted by atomic mass is 9.84. The molecule has 0 aliphatic heterocycles. The van der Waals surface area contributed by atoms with Crippen molar-refractivity contribution in [3.05, 3.63) is 59.5 Å². The molecule has 1 aromatic carbocycles. The second-order valence-corrected chi connectivity index (χ2v) is 7.35. The fraction of sp³-hybridized carbons (Fsp3) is 0.429. The molecule has 0 saturated heterocycles. The monoisotopic (exact) mass is 352 g/mol. The van der Waals surface area contributed by atoms with Crippen molar-refractivity contribution in [2.24, 2.45) is 5.92 Å². The van der Waals surface area contributed by atoms with Crippen molar-refractivity contribution in [2.75, 3.05) is 0 Å². The van der Waals surface area contributed by atoms with E-state index in [0.717, 1.165) is 43.4 Å². The standard InChI is InChI=1S/C21H24N2O3/c24-20(22-18-10-11-18)16-8-6-15(7-9-16)13-23(14-19-5-2-12-26-19)21(25)17-3-1-4-17/h2,5-9,12,17-18H,1,3-4,10-11,13-14H2,(H,22,24). The van der Waals surface area contributed by atoms with Crippen LogP contribution < -0.4 is 5.32 Å². The van der Waals surface area contributed by atoms with Crippen molar-refractivity contribution in [1.29, 1.82) is 0 Å². The van der Waals surface area contributed by atoms with E-state index in [4.69, 9.17) is 4.42 Å². The minimum absolute atomic E-state index is 0.0166. The van der Waals surface area contributed by atoms with Crippen LogP contribution in [0.1, 0.15) is 53.8 Å². The zero-order valence-corrected chi connectivity index (χ0v) is 14.8. The Morgan fingerprint density at radius 1 is 1.04 bits per heavy atom. The summed E-state index contributed by atoms with van der Waals surface area (Å²) in [5.41, 5.74) is 1.69. The average molecular weight is 352 g/mol. The number of carbonyl (C=O) groups is 2. The number of rotatable bonds is 7. The molecule has 26 heavy (non-hydrogen) atoms. The highest BCUT2D eigenvalue weighted by Crippen LogP contribution is 2.29. The van der Waals surface area contributed by atoms with Crippen LogP contribution in [-0.2, 0) is 17.9 Å². The molecule has 2 saturated carbocycles. The number of furan rings is 1. The van der Waals surface area contributed by atoms with Gasteiger partial charge in [-0.3, -0.25) is 9.59 Å². The van der Waals surface area contributed by atoms with Crippen molar-refractivity contribution in [2.45, 2.75) is 51.2 Å². The fourth-order valence-corrected chi connectivity index (χ4v) is 3.19. The first-order valence-electron chi connectivity index (χ1n) is 9.40. The summed E-state index contributed by atoms with van der Waals surface area (Å²) in [5, 5.41) is 2.99. The smallest absolute Gasteiger partial charge is 0.251 e. The van der Waals surface area contributed by atoms with Crippen LogP contribution in [0.4, 0.5) is 0 Å². The van der Waals surface area contributed by atoms with Gasteiger partial charge in [0.1, 0.15) is 5.76 Å². The Morgan fingerprint density at radius 3 is 2.38 bits per heavy atom. The van der Waals surface area contributed by atoms with Crippen molar-refractivity contribution in [1.82, 2.24) is 10.2 Å². The second kappa shape index (κ2) is 7.36. The van der Waals surface area contributed by atoms with Crippen molar-refractivity contribution < 1.29 is 14.0 Å². The normalized spacial score (nSPS) is 16.8. The van der Waals surface area contributed by atoms with E-state index in [-0.39, 0.29) is 17.7 Å². The van der Waals surface area contributed by atoms with Gasteiger partial charge in [0.25, 0.3) is 5.91 Å². The second-order valence-electron chi connectivity index (χ2n) is 7.35. The number of benzene rings is 1. The maximum atomic E-state index is 12.8. The summed E-state index contributed by atoms with van der Waals surface area (Å²) < 4.78 is 5.43. The first-order valence-corrected chi connectivity index (χ1v) is 9.40. The summed E-state index contributed by atoms with van der Waals surface area (Å²) in [4.78, 5) is 26.7. The average Bonchev–Trinajstić information content (AvgIpc) is 3.25. The number of nitrogens with zero attached hydrogens (tertiary/aromatic N) is 1. The molecule has 1 N–H and O–H groups in total. The molecule has 0 spiro atoms. The molecular formula is C21H24N2O3. The van der Waals surface area contributed by atoms with Crippen LogP contribution in [0.2, 0.25) is 0 Å². The van der Waals surface area contributed by atoms with Crippen LogP contribution in [0.25, 0.3) is 0 Å². The Bertz CT molecular complexity index is 759. The summed E-state index contributed by atoms with van der Waals surface area (Å²) in [7, 11) is 0. The number of hydrogen-bond donors (Lipinski definition) is 1. The lowest BCUT2D eigenvalue weighted by Crippen LogP contribution is -2.38. The van der Waals surface area contributed by atoms with Gasteiger partial charge >= 0.3 is 0 Å². The molecule has 4 rings (SSSR count).